The van der Waals surface area contributed by atoms with Crippen LogP contribution in [0.2, 0.25) is 20.1 Å². The molecule has 2 N–H and O–H groups in total. The van der Waals surface area contributed by atoms with Crippen LogP contribution in [0, 0.1) is 0 Å². The van der Waals surface area contributed by atoms with Crippen molar-refractivity contribution < 1.29 is 31.1 Å². The SMILES string of the molecule is O=C(NC1(C(=S)NCC(F)(F)F)CC1)c1ccc(C=CC(c2cc(Cl)c(Cl)c(Cl)c2)C(F)(F)F)cc1Cl. The molecular formula is C23H16Cl4F6N2OS. The third-order valence-corrected chi connectivity index (χ3v) is 7.47. The van der Waals surface area contributed by atoms with Crippen molar-refractivity contribution in [3.8, 4) is 0 Å². The van der Waals surface area contributed by atoms with Gasteiger partial charge in [0, 0.05) is 0 Å². The molecule has 0 spiro atoms. The molecule has 0 saturated heterocycles. The van der Waals surface area contributed by atoms with E-state index < -0.39 is 36.3 Å². The molecule has 1 atom stereocenters. The molecule has 1 amide bonds. The Hall–Kier alpha value is -1.72. The Morgan fingerprint density at radius 2 is 1.59 bits per heavy atom. The van der Waals surface area contributed by atoms with Gasteiger partial charge in [-0.1, -0.05) is 76.8 Å². The number of thiocarbonyl (C=S) groups is 1. The van der Waals surface area contributed by atoms with Gasteiger partial charge in [0.15, 0.2) is 0 Å². The third kappa shape index (κ3) is 7.66. The van der Waals surface area contributed by atoms with Crippen LogP contribution in [0.5, 0.6) is 0 Å². The van der Waals surface area contributed by atoms with E-state index in [1.54, 1.807) is 0 Å². The molecule has 3 rings (SSSR count). The molecule has 37 heavy (non-hydrogen) atoms. The Morgan fingerprint density at radius 3 is 2.08 bits per heavy atom. The van der Waals surface area contributed by atoms with Crippen molar-refractivity contribution in [3.05, 3.63) is 73.2 Å². The largest absolute Gasteiger partial charge is 0.405 e. The molecular weight excluding hydrogens is 608 g/mol. The topological polar surface area (TPSA) is 41.1 Å². The first-order valence-corrected chi connectivity index (χ1v) is 12.3. The highest BCUT2D eigenvalue weighted by Gasteiger charge is 2.49. The van der Waals surface area contributed by atoms with Gasteiger partial charge in [-0.3, -0.25) is 4.79 Å². The molecule has 0 bridgehead atoms. The minimum absolute atomic E-state index is 0.0210. The number of carbonyl (C=O) groups excluding carboxylic acids is 1. The number of hydrogen-bond donors (Lipinski definition) is 2. The normalized spacial score (nSPS) is 15.9. The zero-order valence-electron chi connectivity index (χ0n) is 18.3. The molecule has 0 aromatic heterocycles. The summed E-state index contributed by atoms with van der Waals surface area (Å²) in [6, 6.07) is 6.08. The second kappa shape index (κ2) is 11.2. The van der Waals surface area contributed by atoms with Gasteiger partial charge in [0.1, 0.15) is 11.5 Å². The van der Waals surface area contributed by atoms with E-state index in [4.69, 9.17) is 58.6 Å². The van der Waals surface area contributed by atoms with Crippen LogP contribution < -0.4 is 10.6 Å². The fourth-order valence-corrected chi connectivity index (χ4v) is 4.57. The van der Waals surface area contributed by atoms with Crippen LogP contribution in [0.4, 0.5) is 26.3 Å². The number of halogens is 10. The van der Waals surface area contributed by atoms with Crippen LogP contribution in [-0.2, 0) is 0 Å². The van der Waals surface area contributed by atoms with Gasteiger partial charge in [0.05, 0.1) is 37.1 Å². The average Bonchev–Trinajstić information content (AvgIpc) is 3.55. The van der Waals surface area contributed by atoms with Gasteiger partial charge >= 0.3 is 12.4 Å². The maximum absolute atomic E-state index is 13.7. The molecule has 1 saturated carbocycles. The number of nitrogens with one attached hydrogen (secondary N) is 2. The molecule has 2 aromatic rings. The average molecular weight is 624 g/mol. The monoisotopic (exact) mass is 622 g/mol. The van der Waals surface area contributed by atoms with Crippen molar-refractivity contribution >= 4 is 75.6 Å². The summed E-state index contributed by atoms with van der Waals surface area (Å²) in [6.45, 7) is -1.33. The molecule has 0 aliphatic heterocycles. The van der Waals surface area contributed by atoms with E-state index >= 15 is 0 Å². The first-order valence-electron chi connectivity index (χ1n) is 10.4. The van der Waals surface area contributed by atoms with E-state index in [-0.39, 0.29) is 41.8 Å². The van der Waals surface area contributed by atoms with Crippen molar-refractivity contribution in [1.29, 1.82) is 0 Å². The second-order valence-electron chi connectivity index (χ2n) is 8.25. The maximum Gasteiger partial charge on any atom is 0.405 e. The molecule has 1 fully saturated rings. The van der Waals surface area contributed by atoms with Crippen LogP contribution in [-0.4, -0.2) is 35.3 Å². The fraction of sp³-hybridized carbons (Fsp3) is 0.304. The van der Waals surface area contributed by atoms with E-state index in [0.717, 1.165) is 18.2 Å². The van der Waals surface area contributed by atoms with Gasteiger partial charge in [-0.15, -0.1) is 0 Å². The molecule has 3 nitrogen and oxygen atoms in total. The molecule has 1 aliphatic rings. The van der Waals surface area contributed by atoms with Gasteiger partial charge in [0.2, 0.25) is 0 Å². The summed E-state index contributed by atoms with van der Waals surface area (Å²) < 4.78 is 78.6. The number of rotatable bonds is 7. The summed E-state index contributed by atoms with van der Waals surface area (Å²) in [5, 5.41) is 4.28. The van der Waals surface area contributed by atoms with Crippen molar-refractivity contribution in [3.63, 3.8) is 0 Å². The van der Waals surface area contributed by atoms with Crippen molar-refractivity contribution in [2.75, 3.05) is 6.54 Å². The number of benzene rings is 2. The molecule has 0 radical (unpaired) electrons. The third-order valence-electron chi connectivity index (χ3n) is 5.42. The molecule has 0 heterocycles. The highest BCUT2D eigenvalue weighted by Crippen LogP contribution is 2.41. The number of alkyl halides is 6. The number of amides is 1. The van der Waals surface area contributed by atoms with E-state index in [1.165, 1.54) is 24.3 Å². The first-order chi connectivity index (χ1) is 17.0. The standard InChI is InChI=1S/C23H16Cl4F6N2OS/c24-15-7-11(2-4-14(23(31,32)33)12-8-16(25)18(27)17(26)9-12)1-3-13(15)19(36)35-21(5-6-21)20(37)34-10-22(28,29)30/h1-4,7-9,14H,5-6,10H2,(H,34,37)(H,35,36). The molecule has 1 unspecified atom stereocenters. The number of allylic oxidation sites excluding steroid dienone is 1. The Labute approximate surface area is 233 Å². The van der Waals surface area contributed by atoms with Gasteiger partial charge in [-0.2, -0.15) is 26.3 Å². The van der Waals surface area contributed by atoms with E-state index in [1.807, 2.05) is 0 Å². The predicted molar refractivity (Wildman–Crippen MR) is 137 cm³/mol. The quantitative estimate of drug-likeness (QED) is 0.185. The number of hydrogen-bond acceptors (Lipinski definition) is 2. The lowest BCUT2D eigenvalue weighted by Crippen LogP contribution is -2.49. The highest BCUT2D eigenvalue weighted by molar-refractivity contribution is 7.80. The lowest BCUT2D eigenvalue weighted by molar-refractivity contribution is -0.139. The highest BCUT2D eigenvalue weighted by atomic mass is 35.5. The fourth-order valence-electron chi connectivity index (χ4n) is 3.36. The van der Waals surface area contributed by atoms with Crippen LogP contribution in [0.1, 0.15) is 40.2 Å². The zero-order chi connectivity index (χ0) is 27.8. The van der Waals surface area contributed by atoms with Crippen LogP contribution in [0.3, 0.4) is 0 Å². The Morgan fingerprint density at radius 1 is 1.00 bits per heavy atom. The molecule has 14 heteroatoms. The summed E-state index contributed by atoms with van der Waals surface area (Å²) in [5.41, 5.74) is -1.10. The van der Waals surface area contributed by atoms with Crippen LogP contribution in [0.15, 0.2) is 36.4 Å². The van der Waals surface area contributed by atoms with E-state index in [0.29, 0.717) is 12.8 Å². The minimum Gasteiger partial charge on any atom is -0.369 e. The van der Waals surface area contributed by atoms with Gasteiger partial charge in [-0.05, 0) is 48.2 Å². The van der Waals surface area contributed by atoms with Gasteiger partial charge in [-0.25, -0.2) is 0 Å². The van der Waals surface area contributed by atoms with Crippen molar-refractivity contribution in [2.24, 2.45) is 0 Å². The molecule has 1 aliphatic carbocycles. The Balaban J connectivity index is 1.76. The van der Waals surface area contributed by atoms with Crippen LogP contribution >= 0.6 is 58.6 Å². The van der Waals surface area contributed by atoms with Crippen LogP contribution in [0.25, 0.3) is 6.08 Å². The summed E-state index contributed by atoms with van der Waals surface area (Å²) in [7, 11) is 0. The van der Waals surface area contributed by atoms with Crippen molar-refractivity contribution in [2.45, 2.75) is 36.7 Å². The summed E-state index contributed by atoms with van der Waals surface area (Å²) in [4.78, 5) is 12.6. The Kier molecular flexibility index (Phi) is 9.01. The van der Waals surface area contributed by atoms with E-state index in [9.17, 15) is 31.1 Å². The van der Waals surface area contributed by atoms with E-state index in [2.05, 4.69) is 10.6 Å². The van der Waals surface area contributed by atoms with Gasteiger partial charge in [0.25, 0.3) is 5.91 Å². The first kappa shape index (κ1) is 29.8. The van der Waals surface area contributed by atoms with Crippen molar-refractivity contribution in [1.82, 2.24) is 10.6 Å². The lowest BCUT2D eigenvalue weighted by Gasteiger charge is -2.21. The summed E-state index contributed by atoms with van der Waals surface area (Å²) in [6.07, 6.45) is -6.42. The zero-order valence-corrected chi connectivity index (χ0v) is 22.2. The maximum atomic E-state index is 13.7. The predicted octanol–water partition coefficient (Wildman–Crippen LogP) is 8.40. The smallest absolute Gasteiger partial charge is 0.369 e. The number of carbonyl (C=O) groups is 1. The molecule has 2 aromatic carbocycles. The lowest BCUT2D eigenvalue weighted by atomic mass is 9.97. The Bertz CT molecular complexity index is 1220. The summed E-state index contributed by atoms with van der Waals surface area (Å²) in [5.74, 6) is -2.76. The van der Waals surface area contributed by atoms with Gasteiger partial charge < -0.3 is 10.6 Å². The molecule has 200 valence electrons. The second-order valence-corrected chi connectivity index (χ2v) is 10.3. The minimum atomic E-state index is -4.68. The summed E-state index contributed by atoms with van der Waals surface area (Å²) >= 11 is 28.8.